The van der Waals surface area contributed by atoms with Crippen LogP contribution < -0.4 is 14.8 Å². The Kier molecular flexibility index (Phi) is 7.49. The topological polar surface area (TPSA) is 60.5 Å². The number of nitrogens with one attached hydrogen (secondary N) is 1. The lowest BCUT2D eigenvalue weighted by atomic mass is 10.2. The Morgan fingerprint density at radius 3 is 2.62 bits per heavy atom. The lowest BCUT2D eigenvalue weighted by molar-refractivity contribution is -0.116. The summed E-state index contributed by atoms with van der Waals surface area (Å²) in [6.45, 7) is 4.98. The number of carbonyl (C=O) groups is 1. The van der Waals surface area contributed by atoms with E-state index in [2.05, 4.69) is 10.3 Å². The zero-order valence-corrected chi connectivity index (χ0v) is 18.0. The first-order chi connectivity index (χ1) is 14.0. The minimum Gasteiger partial charge on any atom is -0.494 e. The van der Waals surface area contributed by atoms with Crippen LogP contribution in [-0.2, 0) is 4.79 Å². The number of nitrogens with zero attached hydrogens (tertiary/aromatic N) is 1. The Balaban J connectivity index is 1.44. The van der Waals surface area contributed by atoms with Gasteiger partial charge in [0.15, 0.2) is 5.13 Å². The first-order valence-electron chi connectivity index (χ1n) is 9.42. The summed E-state index contributed by atoms with van der Waals surface area (Å²) in [6, 6.07) is 13.3. The van der Waals surface area contributed by atoms with Crippen molar-refractivity contribution < 1.29 is 14.3 Å². The van der Waals surface area contributed by atoms with E-state index in [0.29, 0.717) is 36.2 Å². The largest absolute Gasteiger partial charge is 0.494 e. The molecule has 1 heterocycles. The van der Waals surface area contributed by atoms with Gasteiger partial charge in [0.25, 0.3) is 0 Å². The van der Waals surface area contributed by atoms with Gasteiger partial charge in [0.2, 0.25) is 5.91 Å². The maximum absolute atomic E-state index is 12.2. The van der Waals surface area contributed by atoms with Crippen molar-refractivity contribution in [1.29, 1.82) is 0 Å². The predicted octanol–water partition coefficient (Wildman–Crippen LogP) is 5.97. The minimum atomic E-state index is -0.0755. The molecule has 5 nitrogen and oxygen atoms in total. The molecule has 3 rings (SSSR count). The molecule has 0 spiro atoms. The van der Waals surface area contributed by atoms with Gasteiger partial charge in [-0.25, -0.2) is 4.98 Å². The van der Waals surface area contributed by atoms with E-state index in [9.17, 15) is 4.79 Å². The molecule has 0 aliphatic rings. The van der Waals surface area contributed by atoms with Crippen LogP contribution >= 0.6 is 22.9 Å². The Morgan fingerprint density at radius 2 is 1.90 bits per heavy atom. The van der Waals surface area contributed by atoms with E-state index in [1.807, 2.05) is 61.7 Å². The lowest BCUT2D eigenvalue weighted by Gasteiger charge is -2.07. The molecule has 0 aliphatic heterocycles. The second kappa shape index (κ2) is 10.3. The van der Waals surface area contributed by atoms with Crippen molar-refractivity contribution in [3.05, 3.63) is 58.4 Å². The van der Waals surface area contributed by atoms with Gasteiger partial charge in [-0.2, -0.15) is 0 Å². The fourth-order valence-electron chi connectivity index (χ4n) is 2.66. The van der Waals surface area contributed by atoms with Gasteiger partial charge in [-0.05, 0) is 68.3 Å². The number of halogens is 1. The maximum atomic E-state index is 12.2. The summed E-state index contributed by atoms with van der Waals surface area (Å²) in [5.74, 6) is 1.51. The second-order valence-electron chi connectivity index (χ2n) is 6.41. The third kappa shape index (κ3) is 6.21. The van der Waals surface area contributed by atoms with Gasteiger partial charge in [-0.3, -0.25) is 4.79 Å². The molecule has 0 unspecified atom stereocenters. The van der Waals surface area contributed by atoms with Crippen LogP contribution in [0.4, 0.5) is 5.13 Å². The summed E-state index contributed by atoms with van der Waals surface area (Å²) in [4.78, 5) is 16.6. The highest BCUT2D eigenvalue weighted by atomic mass is 35.5. The van der Waals surface area contributed by atoms with Crippen molar-refractivity contribution in [2.75, 3.05) is 18.5 Å². The molecule has 29 heavy (non-hydrogen) atoms. The average molecular weight is 431 g/mol. The van der Waals surface area contributed by atoms with Crippen molar-refractivity contribution in [3.8, 4) is 22.8 Å². The van der Waals surface area contributed by atoms with Gasteiger partial charge in [-0.1, -0.05) is 11.6 Å². The number of amides is 1. The summed E-state index contributed by atoms with van der Waals surface area (Å²) in [5.41, 5.74) is 2.78. The van der Waals surface area contributed by atoms with Crippen LogP contribution in [0.3, 0.4) is 0 Å². The molecule has 0 bridgehead atoms. The number of hydrogen-bond acceptors (Lipinski definition) is 5. The first kappa shape index (κ1) is 21.1. The zero-order chi connectivity index (χ0) is 20.6. The third-order valence-electron chi connectivity index (χ3n) is 4.16. The SMILES string of the molecule is CCOc1ccc(-c2csc(NC(=O)CCCOc3ccc(Cl)c(C)c3)n2)cc1. The average Bonchev–Trinajstić information content (AvgIpc) is 3.17. The van der Waals surface area contributed by atoms with Crippen molar-refractivity contribution >= 4 is 34.0 Å². The van der Waals surface area contributed by atoms with E-state index in [1.165, 1.54) is 11.3 Å². The number of aryl methyl sites for hydroxylation is 1. The van der Waals surface area contributed by atoms with E-state index in [1.54, 1.807) is 0 Å². The highest BCUT2D eigenvalue weighted by Crippen LogP contribution is 2.27. The van der Waals surface area contributed by atoms with Crippen LogP contribution in [0.25, 0.3) is 11.3 Å². The van der Waals surface area contributed by atoms with Crippen LogP contribution in [0.1, 0.15) is 25.3 Å². The minimum absolute atomic E-state index is 0.0755. The molecule has 2 aromatic carbocycles. The van der Waals surface area contributed by atoms with Gasteiger partial charge in [0.05, 0.1) is 18.9 Å². The van der Waals surface area contributed by atoms with Crippen LogP contribution in [0, 0.1) is 6.92 Å². The van der Waals surface area contributed by atoms with Crippen LogP contribution in [-0.4, -0.2) is 24.1 Å². The van der Waals surface area contributed by atoms with Crippen LogP contribution in [0.2, 0.25) is 5.02 Å². The summed E-state index contributed by atoms with van der Waals surface area (Å²) >= 11 is 7.41. The molecule has 1 N–H and O–H groups in total. The fourth-order valence-corrected chi connectivity index (χ4v) is 3.52. The smallest absolute Gasteiger partial charge is 0.226 e. The van der Waals surface area contributed by atoms with Crippen molar-refractivity contribution in [1.82, 2.24) is 4.98 Å². The number of rotatable bonds is 9. The van der Waals surface area contributed by atoms with E-state index >= 15 is 0 Å². The second-order valence-corrected chi connectivity index (χ2v) is 7.67. The molecular weight excluding hydrogens is 408 g/mol. The normalized spacial score (nSPS) is 10.6. The molecule has 0 atom stereocenters. The van der Waals surface area contributed by atoms with E-state index in [0.717, 1.165) is 28.3 Å². The number of anilines is 1. The zero-order valence-electron chi connectivity index (χ0n) is 16.4. The maximum Gasteiger partial charge on any atom is 0.226 e. The molecule has 0 fully saturated rings. The van der Waals surface area contributed by atoms with Gasteiger partial charge < -0.3 is 14.8 Å². The Hall–Kier alpha value is -2.57. The summed E-state index contributed by atoms with van der Waals surface area (Å²) in [7, 11) is 0. The Bertz CT molecular complexity index is 957. The standard InChI is InChI=1S/C22H23ClN2O3S/c1-3-27-17-8-6-16(7-9-17)20-14-29-22(24-20)25-21(26)5-4-12-28-18-10-11-19(23)15(2)13-18/h6-11,13-14H,3-5,12H2,1-2H3,(H,24,25,26). The highest BCUT2D eigenvalue weighted by molar-refractivity contribution is 7.14. The van der Waals surface area contributed by atoms with E-state index < -0.39 is 0 Å². The van der Waals surface area contributed by atoms with Gasteiger partial charge in [0.1, 0.15) is 11.5 Å². The fraction of sp³-hybridized carbons (Fsp3) is 0.273. The number of benzene rings is 2. The Labute approximate surface area is 179 Å². The number of aromatic nitrogens is 1. The van der Waals surface area contributed by atoms with E-state index in [-0.39, 0.29) is 5.91 Å². The van der Waals surface area contributed by atoms with Gasteiger partial charge in [0, 0.05) is 22.4 Å². The molecular formula is C22H23ClN2O3S. The van der Waals surface area contributed by atoms with Crippen molar-refractivity contribution in [2.45, 2.75) is 26.7 Å². The molecule has 1 aromatic heterocycles. The molecule has 152 valence electrons. The van der Waals surface area contributed by atoms with Crippen molar-refractivity contribution in [2.24, 2.45) is 0 Å². The Morgan fingerprint density at radius 1 is 1.14 bits per heavy atom. The number of carbonyl (C=O) groups excluding carboxylic acids is 1. The van der Waals surface area contributed by atoms with Gasteiger partial charge >= 0.3 is 0 Å². The highest BCUT2D eigenvalue weighted by Gasteiger charge is 2.09. The molecule has 0 saturated heterocycles. The monoisotopic (exact) mass is 430 g/mol. The van der Waals surface area contributed by atoms with Crippen LogP contribution in [0.5, 0.6) is 11.5 Å². The predicted molar refractivity (Wildman–Crippen MR) is 118 cm³/mol. The summed E-state index contributed by atoms with van der Waals surface area (Å²) < 4.78 is 11.1. The lowest BCUT2D eigenvalue weighted by Crippen LogP contribution is -2.12. The van der Waals surface area contributed by atoms with Crippen LogP contribution in [0.15, 0.2) is 47.8 Å². The third-order valence-corrected chi connectivity index (χ3v) is 5.34. The number of thiazole rings is 1. The molecule has 0 aliphatic carbocycles. The molecule has 0 radical (unpaired) electrons. The molecule has 1 amide bonds. The molecule has 7 heteroatoms. The molecule has 3 aromatic rings. The number of ether oxygens (including phenoxy) is 2. The summed E-state index contributed by atoms with van der Waals surface area (Å²) in [5, 5.41) is 6.08. The molecule has 0 saturated carbocycles. The van der Waals surface area contributed by atoms with Gasteiger partial charge in [-0.15, -0.1) is 11.3 Å². The first-order valence-corrected chi connectivity index (χ1v) is 10.7. The summed E-state index contributed by atoms with van der Waals surface area (Å²) in [6.07, 6.45) is 0.981. The van der Waals surface area contributed by atoms with E-state index in [4.69, 9.17) is 21.1 Å². The van der Waals surface area contributed by atoms with Crippen molar-refractivity contribution in [3.63, 3.8) is 0 Å². The number of hydrogen-bond donors (Lipinski definition) is 1. The quantitative estimate of drug-likeness (QED) is 0.425.